The minimum Gasteiger partial charge on any atom is -0.385 e. The van der Waals surface area contributed by atoms with Gasteiger partial charge in [0.2, 0.25) is 0 Å². The second-order valence-electron chi connectivity index (χ2n) is 6.74. The SMILES string of the molecule is CCNC(=NCC1(CCOC)CCC1)NCC(C)N(CC)CC. The molecule has 0 spiro atoms. The Morgan fingerprint density at radius 1 is 1.22 bits per heavy atom. The largest absolute Gasteiger partial charge is 0.385 e. The minimum atomic E-state index is 0.378. The summed E-state index contributed by atoms with van der Waals surface area (Å²) >= 11 is 0. The molecule has 0 amide bonds. The Bertz CT molecular complexity index is 338. The second kappa shape index (κ2) is 10.9. The van der Waals surface area contributed by atoms with Gasteiger partial charge in [0.25, 0.3) is 0 Å². The molecule has 1 aliphatic rings. The monoisotopic (exact) mass is 326 g/mol. The molecule has 1 unspecified atom stereocenters. The third kappa shape index (κ3) is 6.68. The smallest absolute Gasteiger partial charge is 0.191 e. The zero-order chi connectivity index (χ0) is 17.1. The van der Waals surface area contributed by atoms with Gasteiger partial charge < -0.3 is 15.4 Å². The second-order valence-corrected chi connectivity index (χ2v) is 6.74. The van der Waals surface area contributed by atoms with E-state index < -0.39 is 0 Å². The van der Waals surface area contributed by atoms with Gasteiger partial charge in [-0.2, -0.15) is 0 Å². The van der Waals surface area contributed by atoms with E-state index in [1.54, 1.807) is 7.11 Å². The Kier molecular flexibility index (Phi) is 9.56. The number of nitrogens with zero attached hydrogens (tertiary/aromatic N) is 2. The van der Waals surface area contributed by atoms with E-state index >= 15 is 0 Å². The highest BCUT2D eigenvalue weighted by atomic mass is 16.5. The van der Waals surface area contributed by atoms with E-state index in [0.717, 1.165) is 51.7 Å². The Balaban J connectivity index is 2.52. The van der Waals surface area contributed by atoms with Gasteiger partial charge in [-0.25, -0.2) is 0 Å². The molecule has 0 saturated heterocycles. The van der Waals surface area contributed by atoms with Crippen LogP contribution in [0.1, 0.15) is 53.4 Å². The van der Waals surface area contributed by atoms with Gasteiger partial charge in [-0.3, -0.25) is 9.89 Å². The lowest BCUT2D eigenvalue weighted by Crippen LogP contribution is -2.46. The Morgan fingerprint density at radius 3 is 2.39 bits per heavy atom. The Labute approximate surface area is 143 Å². The Hall–Kier alpha value is -0.810. The summed E-state index contributed by atoms with van der Waals surface area (Å²) in [6.45, 7) is 14.6. The summed E-state index contributed by atoms with van der Waals surface area (Å²) in [5, 5.41) is 6.89. The van der Waals surface area contributed by atoms with Crippen molar-refractivity contribution in [3.8, 4) is 0 Å². The highest BCUT2D eigenvalue weighted by molar-refractivity contribution is 5.79. The summed E-state index contributed by atoms with van der Waals surface area (Å²) < 4.78 is 5.27. The van der Waals surface area contributed by atoms with Crippen molar-refractivity contribution in [3.05, 3.63) is 0 Å². The van der Waals surface area contributed by atoms with Crippen molar-refractivity contribution < 1.29 is 4.74 Å². The number of methoxy groups -OCH3 is 1. The molecule has 0 aromatic rings. The first-order valence-electron chi connectivity index (χ1n) is 9.36. The Morgan fingerprint density at radius 2 is 1.91 bits per heavy atom. The number of nitrogens with one attached hydrogen (secondary N) is 2. The van der Waals surface area contributed by atoms with Gasteiger partial charge in [0.15, 0.2) is 5.96 Å². The molecule has 136 valence electrons. The van der Waals surface area contributed by atoms with Crippen molar-refractivity contribution in [2.45, 2.75) is 59.4 Å². The summed E-state index contributed by atoms with van der Waals surface area (Å²) in [6.07, 6.45) is 5.04. The normalized spacial score (nSPS) is 18.6. The lowest BCUT2D eigenvalue weighted by molar-refractivity contribution is 0.0778. The highest BCUT2D eigenvalue weighted by Crippen LogP contribution is 2.44. The minimum absolute atomic E-state index is 0.378. The van der Waals surface area contributed by atoms with Gasteiger partial charge in [0.05, 0.1) is 0 Å². The van der Waals surface area contributed by atoms with E-state index in [4.69, 9.17) is 9.73 Å². The zero-order valence-corrected chi connectivity index (χ0v) is 16.0. The van der Waals surface area contributed by atoms with Crippen LogP contribution in [-0.4, -0.2) is 63.3 Å². The quantitative estimate of drug-likeness (QED) is 0.452. The van der Waals surface area contributed by atoms with E-state index in [1.807, 2.05) is 0 Å². The van der Waals surface area contributed by atoms with Crippen molar-refractivity contribution >= 4 is 5.96 Å². The summed E-state index contributed by atoms with van der Waals surface area (Å²) in [5.74, 6) is 0.954. The molecule has 0 aromatic carbocycles. The van der Waals surface area contributed by atoms with Gasteiger partial charge in [0.1, 0.15) is 0 Å². The summed E-state index contributed by atoms with van der Waals surface area (Å²) in [4.78, 5) is 7.32. The number of guanidine groups is 1. The predicted octanol–water partition coefficient (Wildman–Crippen LogP) is 2.48. The van der Waals surface area contributed by atoms with Crippen molar-refractivity contribution in [2.75, 3.05) is 46.4 Å². The molecule has 5 nitrogen and oxygen atoms in total. The molecule has 2 N–H and O–H groups in total. The van der Waals surface area contributed by atoms with Gasteiger partial charge in [0, 0.05) is 39.4 Å². The molecule has 23 heavy (non-hydrogen) atoms. The van der Waals surface area contributed by atoms with E-state index in [-0.39, 0.29) is 0 Å². The van der Waals surface area contributed by atoms with Crippen molar-refractivity contribution in [3.63, 3.8) is 0 Å². The van der Waals surface area contributed by atoms with E-state index in [0.29, 0.717) is 11.5 Å². The summed E-state index contributed by atoms with van der Waals surface area (Å²) in [6, 6.07) is 0.514. The maximum Gasteiger partial charge on any atom is 0.191 e. The molecular weight excluding hydrogens is 288 g/mol. The molecule has 0 aliphatic heterocycles. The van der Waals surface area contributed by atoms with Crippen molar-refractivity contribution in [1.29, 1.82) is 0 Å². The molecule has 0 heterocycles. The van der Waals surface area contributed by atoms with Crippen molar-refractivity contribution in [2.24, 2.45) is 10.4 Å². The van der Waals surface area contributed by atoms with Gasteiger partial charge in [-0.05, 0) is 51.6 Å². The van der Waals surface area contributed by atoms with Crippen LogP contribution in [0, 0.1) is 5.41 Å². The molecule has 0 aromatic heterocycles. The van der Waals surface area contributed by atoms with Crippen LogP contribution in [0.5, 0.6) is 0 Å². The lowest BCUT2D eigenvalue weighted by atomic mass is 9.67. The molecule has 0 bridgehead atoms. The maximum absolute atomic E-state index is 5.27. The number of likely N-dealkylation sites (N-methyl/N-ethyl adjacent to an activating group) is 1. The van der Waals surface area contributed by atoms with E-state index in [9.17, 15) is 0 Å². The molecular formula is C18H38N4O. The standard InChI is InChI=1S/C18H38N4O/c1-6-19-17(20-14-16(4)22(7-2)8-3)21-15-18(10-9-11-18)12-13-23-5/h16H,6-15H2,1-5H3,(H2,19,20,21). The third-order valence-electron chi connectivity index (χ3n) is 5.17. The first-order valence-corrected chi connectivity index (χ1v) is 9.36. The van der Waals surface area contributed by atoms with E-state index in [2.05, 4.69) is 43.2 Å². The van der Waals surface area contributed by atoms with Gasteiger partial charge in [-0.1, -0.05) is 20.3 Å². The fraction of sp³-hybridized carbons (Fsp3) is 0.944. The topological polar surface area (TPSA) is 48.9 Å². The molecule has 5 heteroatoms. The number of hydrogen-bond donors (Lipinski definition) is 2. The van der Waals surface area contributed by atoms with Gasteiger partial charge in [-0.15, -0.1) is 0 Å². The molecule has 1 atom stereocenters. The number of ether oxygens (including phenoxy) is 1. The molecule has 1 rings (SSSR count). The van der Waals surface area contributed by atoms with Crippen molar-refractivity contribution in [1.82, 2.24) is 15.5 Å². The lowest BCUT2D eigenvalue weighted by Gasteiger charge is -2.40. The molecule has 1 saturated carbocycles. The van der Waals surface area contributed by atoms with E-state index in [1.165, 1.54) is 19.3 Å². The predicted molar refractivity (Wildman–Crippen MR) is 99.1 cm³/mol. The number of aliphatic imine (C=N–C) groups is 1. The van der Waals surface area contributed by atoms with Crippen LogP contribution in [0.15, 0.2) is 4.99 Å². The van der Waals surface area contributed by atoms with Crippen LogP contribution < -0.4 is 10.6 Å². The summed E-state index contributed by atoms with van der Waals surface area (Å²) in [5.41, 5.74) is 0.378. The van der Waals surface area contributed by atoms with Gasteiger partial charge >= 0.3 is 0 Å². The number of rotatable bonds is 11. The first-order chi connectivity index (χ1) is 11.1. The van der Waals surface area contributed by atoms with Crippen LogP contribution in [0.25, 0.3) is 0 Å². The first kappa shape index (κ1) is 20.2. The summed E-state index contributed by atoms with van der Waals surface area (Å²) in [7, 11) is 1.79. The molecule has 1 aliphatic carbocycles. The maximum atomic E-state index is 5.27. The van der Waals surface area contributed by atoms with Crippen LogP contribution in [-0.2, 0) is 4.74 Å². The van der Waals surface area contributed by atoms with Crippen LogP contribution >= 0.6 is 0 Å². The zero-order valence-electron chi connectivity index (χ0n) is 16.0. The number of hydrogen-bond acceptors (Lipinski definition) is 3. The van der Waals surface area contributed by atoms with Crippen LogP contribution in [0.2, 0.25) is 0 Å². The fourth-order valence-electron chi connectivity index (χ4n) is 3.29. The third-order valence-corrected chi connectivity index (χ3v) is 5.17. The van der Waals surface area contributed by atoms with Crippen LogP contribution in [0.3, 0.4) is 0 Å². The molecule has 1 fully saturated rings. The average Bonchev–Trinajstić information content (AvgIpc) is 2.52. The van der Waals surface area contributed by atoms with Crippen LogP contribution in [0.4, 0.5) is 0 Å². The molecule has 0 radical (unpaired) electrons. The average molecular weight is 327 g/mol. The fourth-order valence-corrected chi connectivity index (χ4v) is 3.29. The highest BCUT2D eigenvalue weighted by Gasteiger charge is 2.36.